The van der Waals surface area contributed by atoms with Gasteiger partial charge in [-0.25, -0.2) is 0 Å². The van der Waals surface area contributed by atoms with Crippen LogP contribution in [-0.2, 0) is 9.63 Å². The molecule has 4 rings (SSSR count). The van der Waals surface area contributed by atoms with Gasteiger partial charge in [0.25, 0.3) is 0 Å². The second kappa shape index (κ2) is 8.55. The Bertz CT molecular complexity index is 725. The van der Waals surface area contributed by atoms with Crippen LogP contribution in [0.15, 0.2) is 17.3 Å². The number of carbonyl (C=O) groups is 1. The summed E-state index contributed by atoms with van der Waals surface area (Å²) in [6.07, 6.45) is 7.88. The van der Waals surface area contributed by atoms with E-state index >= 15 is 0 Å². The van der Waals surface area contributed by atoms with Gasteiger partial charge >= 0.3 is 0 Å². The maximum atomic E-state index is 12.6. The van der Waals surface area contributed by atoms with Crippen LogP contribution in [-0.4, -0.2) is 42.4 Å². The molecule has 4 aliphatic rings. The number of Topliss-reactive ketones (excluding diaryl/α,β-unsaturated/α-hetero) is 1. The fourth-order valence-electron chi connectivity index (χ4n) is 7.33. The van der Waals surface area contributed by atoms with E-state index in [0.29, 0.717) is 36.6 Å². The van der Waals surface area contributed by atoms with Gasteiger partial charge in [-0.1, -0.05) is 25.6 Å². The number of halogens is 1. The highest BCUT2D eigenvalue weighted by Gasteiger charge is 2.65. The molecule has 0 heterocycles. The number of oxime groups is 1. The molecule has 0 saturated heterocycles. The highest BCUT2D eigenvalue weighted by molar-refractivity contribution is 5.88. The standard InChI is InChI=1S/C24H38N2O3.ClH/c1-16-14-18-19-6-7-21(27)22(19,2)10-9-20(18)23(3)11-8-17(15-24(16,23)28)26-29-13-5-12-25-4;/h18-20,25,28H,1,5-15H2,2-4H3;1H/t18-,19-,20-,22-,23+,24-;/m0./s1. The van der Waals surface area contributed by atoms with Gasteiger partial charge in [-0.2, -0.15) is 0 Å². The van der Waals surface area contributed by atoms with Crippen LogP contribution in [0.4, 0.5) is 0 Å². The summed E-state index contributed by atoms with van der Waals surface area (Å²) in [7, 11) is 1.93. The SMILES string of the molecule is C=C1C[C@H]2[C@@H]3CCC(=O)[C@@]3(C)CC[C@@H]2[C@@]2(C)CCC(=NOCCCNC)C[C@]12O.Cl. The van der Waals surface area contributed by atoms with Crippen molar-refractivity contribution in [1.82, 2.24) is 5.32 Å². The Balaban J connectivity index is 0.00000256. The number of aliphatic hydroxyl groups is 1. The molecule has 0 aliphatic heterocycles. The molecule has 4 aliphatic carbocycles. The van der Waals surface area contributed by atoms with Gasteiger partial charge in [-0.05, 0) is 81.9 Å². The first-order chi connectivity index (χ1) is 13.8. The molecule has 6 atom stereocenters. The van der Waals surface area contributed by atoms with Gasteiger partial charge in [0.1, 0.15) is 12.4 Å². The highest BCUT2D eigenvalue weighted by Crippen LogP contribution is 2.67. The Hall–Kier alpha value is -0.910. The molecule has 0 aromatic rings. The Labute approximate surface area is 187 Å². The predicted octanol–water partition coefficient (Wildman–Crippen LogP) is 4.28. The maximum absolute atomic E-state index is 12.6. The van der Waals surface area contributed by atoms with Crippen LogP contribution in [0.2, 0.25) is 0 Å². The number of nitrogens with one attached hydrogen (secondary N) is 1. The van der Waals surface area contributed by atoms with E-state index in [0.717, 1.165) is 69.2 Å². The molecule has 4 fully saturated rings. The molecule has 0 aromatic heterocycles. The topological polar surface area (TPSA) is 70.9 Å². The van der Waals surface area contributed by atoms with Gasteiger partial charge in [0.15, 0.2) is 0 Å². The summed E-state index contributed by atoms with van der Waals surface area (Å²) >= 11 is 0. The molecule has 0 radical (unpaired) electrons. The molecule has 0 spiro atoms. The first kappa shape index (κ1) is 23.7. The first-order valence-corrected chi connectivity index (χ1v) is 11.5. The summed E-state index contributed by atoms with van der Waals surface area (Å²) in [5, 5.41) is 19.4. The van der Waals surface area contributed by atoms with E-state index in [4.69, 9.17) is 4.84 Å². The second-order valence-electron chi connectivity index (χ2n) is 10.5. The summed E-state index contributed by atoms with van der Waals surface area (Å²) in [6, 6.07) is 0. The zero-order valence-corrected chi connectivity index (χ0v) is 19.7. The fraction of sp³-hybridized carbons (Fsp3) is 0.833. The third kappa shape index (κ3) is 3.45. The Morgan fingerprint density at radius 2 is 2.00 bits per heavy atom. The van der Waals surface area contributed by atoms with Gasteiger partial charge in [-0.3, -0.25) is 4.79 Å². The number of hydrogen-bond acceptors (Lipinski definition) is 5. The Morgan fingerprint density at radius 1 is 1.23 bits per heavy atom. The van der Waals surface area contributed by atoms with Crippen LogP contribution in [0, 0.1) is 28.6 Å². The summed E-state index contributed by atoms with van der Waals surface area (Å²) in [5.74, 6) is 1.86. The van der Waals surface area contributed by atoms with Crippen molar-refractivity contribution < 1.29 is 14.7 Å². The summed E-state index contributed by atoms with van der Waals surface area (Å²) in [4.78, 5) is 18.1. The third-order valence-electron chi connectivity index (χ3n) is 9.23. The molecule has 6 heteroatoms. The number of hydrogen-bond donors (Lipinski definition) is 2. The van der Waals surface area contributed by atoms with Crippen molar-refractivity contribution in [2.45, 2.75) is 77.2 Å². The van der Waals surface area contributed by atoms with Crippen LogP contribution >= 0.6 is 12.4 Å². The number of nitrogens with zero attached hydrogens (tertiary/aromatic N) is 1. The van der Waals surface area contributed by atoms with Crippen molar-refractivity contribution in [3.8, 4) is 0 Å². The molecular weight excluding hydrogens is 400 g/mol. The average Bonchev–Trinajstić information content (AvgIpc) is 2.99. The summed E-state index contributed by atoms with van der Waals surface area (Å²) < 4.78 is 0. The molecule has 0 bridgehead atoms. The average molecular weight is 439 g/mol. The molecule has 5 nitrogen and oxygen atoms in total. The van der Waals surface area contributed by atoms with Crippen molar-refractivity contribution >= 4 is 23.9 Å². The number of fused-ring (bicyclic) bond motifs is 5. The van der Waals surface area contributed by atoms with Crippen molar-refractivity contribution in [3.05, 3.63) is 12.2 Å². The zero-order valence-electron chi connectivity index (χ0n) is 18.8. The van der Waals surface area contributed by atoms with E-state index in [-0.39, 0.29) is 23.2 Å². The highest BCUT2D eigenvalue weighted by atomic mass is 35.5. The number of carbonyl (C=O) groups excluding carboxylic acids is 1. The molecule has 30 heavy (non-hydrogen) atoms. The van der Waals surface area contributed by atoms with Crippen molar-refractivity contribution in [1.29, 1.82) is 0 Å². The largest absolute Gasteiger partial charge is 0.396 e. The van der Waals surface area contributed by atoms with Gasteiger partial charge in [0, 0.05) is 23.7 Å². The molecule has 170 valence electrons. The third-order valence-corrected chi connectivity index (χ3v) is 9.23. The zero-order chi connectivity index (χ0) is 20.9. The van der Waals surface area contributed by atoms with Crippen molar-refractivity contribution in [3.63, 3.8) is 0 Å². The molecular formula is C24H39ClN2O3. The molecule has 0 unspecified atom stereocenters. The van der Waals surface area contributed by atoms with Crippen LogP contribution in [0.1, 0.15) is 71.6 Å². The summed E-state index contributed by atoms with van der Waals surface area (Å²) in [6.45, 7) is 10.4. The van der Waals surface area contributed by atoms with Crippen LogP contribution in [0.25, 0.3) is 0 Å². The minimum atomic E-state index is -0.907. The van der Waals surface area contributed by atoms with E-state index in [9.17, 15) is 9.90 Å². The Kier molecular flexibility index (Phi) is 6.77. The van der Waals surface area contributed by atoms with E-state index in [2.05, 4.69) is 30.9 Å². The van der Waals surface area contributed by atoms with E-state index in [1.807, 2.05) is 7.05 Å². The fourth-order valence-corrected chi connectivity index (χ4v) is 7.33. The minimum absolute atomic E-state index is 0. The lowest BCUT2D eigenvalue weighted by Gasteiger charge is -2.63. The van der Waals surface area contributed by atoms with E-state index in [1.165, 1.54) is 0 Å². The predicted molar refractivity (Wildman–Crippen MR) is 122 cm³/mol. The van der Waals surface area contributed by atoms with Gasteiger partial charge in [0.2, 0.25) is 0 Å². The van der Waals surface area contributed by atoms with Crippen molar-refractivity contribution in [2.24, 2.45) is 33.7 Å². The quantitative estimate of drug-likeness (QED) is 0.381. The van der Waals surface area contributed by atoms with Crippen LogP contribution in [0.3, 0.4) is 0 Å². The Morgan fingerprint density at radius 3 is 2.73 bits per heavy atom. The van der Waals surface area contributed by atoms with Gasteiger partial charge < -0.3 is 15.3 Å². The smallest absolute Gasteiger partial charge is 0.139 e. The first-order valence-electron chi connectivity index (χ1n) is 11.5. The van der Waals surface area contributed by atoms with Crippen molar-refractivity contribution in [2.75, 3.05) is 20.2 Å². The molecule has 4 saturated carbocycles. The second-order valence-corrected chi connectivity index (χ2v) is 10.5. The minimum Gasteiger partial charge on any atom is -0.396 e. The normalized spacial score (nSPS) is 44.1. The molecule has 0 amide bonds. The molecule has 0 aromatic carbocycles. The lowest BCUT2D eigenvalue weighted by molar-refractivity contribution is -0.161. The monoisotopic (exact) mass is 438 g/mol. The number of ketones is 1. The van der Waals surface area contributed by atoms with Gasteiger partial charge in [-0.15, -0.1) is 12.4 Å². The van der Waals surface area contributed by atoms with E-state index < -0.39 is 5.60 Å². The van der Waals surface area contributed by atoms with Crippen LogP contribution in [0.5, 0.6) is 0 Å². The van der Waals surface area contributed by atoms with Crippen LogP contribution < -0.4 is 5.32 Å². The molecule has 2 N–H and O–H groups in total. The van der Waals surface area contributed by atoms with Gasteiger partial charge in [0.05, 0.1) is 11.3 Å². The lowest BCUT2D eigenvalue weighted by atomic mass is 9.43. The van der Waals surface area contributed by atoms with E-state index in [1.54, 1.807) is 0 Å². The lowest BCUT2D eigenvalue weighted by Crippen LogP contribution is -2.63. The maximum Gasteiger partial charge on any atom is 0.139 e. The number of rotatable bonds is 5. The summed E-state index contributed by atoms with van der Waals surface area (Å²) in [5.41, 5.74) is 0.676.